The Kier molecular flexibility index (Phi) is 5.71. The largest absolute Gasteiger partial charge is 0.504 e. The van der Waals surface area contributed by atoms with Crippen molar-refractivity contribution in [1.82, 2.24) is 0 Å². The first-order valence-electron chi connectivity index (χ1n) is 7.27. The summed E-state index contributed by atoms with van der Waals surface area (Å²) >= 11 is 0. The van der Waals surface area contributed by atoms with Crippen LogP contribution in [-0.4, -0.2) is 30.2 Å². The molecule has 2 aromatic rings. The summed E-state index contributed by atoms with van der Waals surface area (Å²) in [6, 6.07) is 5.55. The molecular formula is C17H14F3NO5. The number of hydrogen-bond donors (Lipinski definition) is 2. The second kappa shape index (κ2) is 7.77. The van der Waals surface area contributed by atoms with Gasteiger partial charge in [0.1, 0.15) is 5.56 Å². The highest BCUT2D eigenvalue weighted by atomic mass is 19.2. The number of rotatable bonds is 5. The molecular weight excluding hydrogens is 355 g/mol. The van der Waals surface area contributed by atoms with Gasteiger partial charge in [-0.2, -0.15) is 0 Å². The van der Waals surface area contributed by atoms with Crippen LogP contribution in [0.3, 0.4) is 0 Å². The van der Waals surface area contributed by atoms with Gasteiger partial charge in [-0.3, -0.25) is 4.79 Å². The van der Waals surface area contributed by atoms with E-state index in [0.29, 0.717) is 6.07 Å². The lowest BCUT2D eigenvalue weighted by Gasteiger charge is -2.15. The molecule has 0 spiro atoms. The van der Waals surface area contributed by atoms with Crippen LogP contribution in [0.25, 0.3) is 0 Å². The molecule has 2 aromatic carbocycles. The molecule has 0 heterocycles. The van der Waals surface area contributed by atoms with E-state index in [4.69, 9.17) is 9.47 Å². The van der Waals surface area contributed by atoms with Crippen molar-refractivity contribution < 1.29 is 37.3 Å². The molecule has 0 aliphatic carbocycles. The van der Waals surface area contributed by atoms with Crippen LogP contribution in [0.1, 0.15) is 17.3 Å². The molecule has 26 heavy (non-hydrogen) atoms. The Balaban J connectivity index is 2.10. The molecule has 138 valence electrons. The van der Waals surface area contributed by atoms with Gasteiger partial charge in [-0.25, -0.2) is 18.0 Å². The topological polar surface area (TPSA) is 84.9 Å². The number of aromatic hydroxyl groups is 1. The Morgan fingerprint density at radius 1 is 1.12 bits per heavy atom. The summed E-state index contributed by atoms with van der Waals surface area (Å²) in [4.78, 5) is 24.0. The lowest BCUT2D eigenvalue weighted by atomic mass is 10.2. The first-order valence-corrected chi connectivity index (χ1v) is 7.27. The van der Waals surface area contributed by atoms with Crippen molar-refractivity contribution in [1.29, 1.82) is 0 Å². The predicted molar refractivity (Wildman–Crippen MR) is 84.5 cm³/mol. The van der Waals surface area contributed by atoms with Crippen LogP contribution in [0.5, 0.6) is 11.5 Å². The number of anilines is 1. The molecule has 0 aliphatic rings. The highest BCUT2D eigenvalue weighted by Crippen LogP contribution is 2.30. The minimum absolute atomic E-state index is 0.0282. The molecule has 1 unspecified atom stereocenters. The van der Waals surface area contributed by atoms with Gasteiger partial charge in [0.05, 0.1) is 12.8 Å². The van der Waals surface area contributed by atoms with Crippen LogP contribution < -0.4 is 10.1 Å². The van der Waals surface area contributed by atoms with Crippen molar-refractivity contribution >= 4 is 17.6 Å². The molecule has 0 aromatic heterocycles. The van der Waals surface area contributed by atoms with E-state index in [1.807, 2.05) is 5.32 Å². The van der Waals surface area contributed by atoms with E-state index in [9.17, 15) is 27.9 Å². The molecule has 9 heteroatoms. The van der Waals surface area contributed by atoms with Gasteiger partial charge in [0.2, 0.25) is 0 Å². The van der Waals surface area contributed by atoms with Gasteiger partial charge >= 0.3 is 5.97 Å². The molecule has 0 radical (unpaired) electrons. The minimum Gasteiger partial charge on any atom is -0.504 e. The lowest BCUT2D eigenvalue weighted by molar-refractivity contribution is -0.123. The number of carbonyl (C=O) groups excluding carboxylic acids is 2. The van der Waals surface area contributed by atoms with Crippen molar-refractivity contribution in [2.45, 2.75) is 13.0 Å². The van der Waals surface area contributed by atoms with E-state index in [1.165, 1.54) is 32.2 Å². The van der Waals surface area contributed by atoms with Gasteiger partial charge in [0, 0.05) is 0 Å². The quantitative estimate of drug-likeness (QED) is 0.625. The fourth-order valence-corrected chi connectivity index (χ4v) is 1.99. The Labute approximate surface area is 146 Å². The second-order valence-electron chi connectivity index (χ2n) is 5.12. The zero-order valence-electron chi connectivity index (χ0n) is 13.7. The van der Waals surface area contributed by atoms with E-state index in [2.05, 4.69) is 0 Å². The van der Waals surface area contributed by atoms with Gasteiger partial charge < -0.3 is 19.9 Å². The van der Waals surface area contributed by atoms with E-state index in [1.54, 1.807) is 0 Å². The van der Waals surface area contributed by atoms with Crippen LogP contribution >= 0.6 is 0 Å². The number of methoxy groups -OCH3 is 1. The van der Waals surface area contributed by atoms with Crippen molar-refractivity contribution in [3.63, 3.8) is 0 Å². The third-order valence-corrected chi connectivity index (χ3v) is 3.38. The molecule has 0 saturated carbocycles. The Hall–Kier alpha value is -3.23. The van der Waals surface area contributed by atoms with Gasteiger partial charge in [0.25, 0.3) is 5.91 Å². The van der Waals surface area contributed by atoms with Gasteiger partial charge in [-0.05, 0) is 31.2 Å². The summed E-state index contributed by atoms with van der Waals surface area (Å²) in [7, 11) is 1.29. The van der Waals surface area contributed by atoms with Crippen LogP contribution in [0.4, 0.5) is 18.9 Å². The van der Waals surface area contributed by atoms with E-state index in [0.717, 1.165) is 6.07 Å². The Morgan fingerprint density at radius 2 is 1.81 bits per heavy atom. The summed E-state index contributed by atoms with van der Waals surface area (Å²) in [5.41, 5.74) is -0.857. The van der Waals surface area contributed by atoms with E-state index >= 15 is 0 Å². The number of amides is 1. The predicted octanol–water partition coefficient (Wildman–Crippen LogP) is 3.00. The number of esters is 1. The third kappa shape index (κ3) is 3.88. The average molecular weight is 369 g/mol. The monoisotopic (exact) mass is 369 g/mol. The third-order valence-electron chi connectivity index (χ3n) is 3.38. The maximum atomic E-state index is 13.6. The van der Waals surface area contributed by atoms with Gasteiger partial charge in [-0.1, -0.05) is 6.07 Å². The van der Waals surface area contributed by atoms with Crippen molar-refractivity contribution in [2.75, 3.05) is 12.4 Å². The molecule has 2 rings (SSSR count). The molecule has 1 atom stereocenters. The number of ether oxygens (including phenoxy) is 2. The smallest absolute Gasteiger partial charge is 0.342 e. The number of benzene rings is 2. The number of nitrogens with one attached hydrogen (secondary N) is 1. The molecule has 1 amide bonds. The molecule has 6 nitrogen and oxygen atoms in total. The van der Waals surface area contributed by atoms with E-state index < -0.39 is 46.9 Å². The maximum absolute atomic E-state index is 13.6. The van der Waals surface area contributed by atoms with E-state index in [-0.39, 0.29) is 11.3 Å². The second-order valence-corrected chi connectivity index (χ2v) is 5.12. The highest BCUT2D eigenvalue weighted by molar-refractivity contribution is 5.98. The van der Waals surface area contributed by atoms with Crippen molar-refractivity contribution in [2.24, 2.45) is 0 Å². The minimum atomic E-state index is -1.74. The first kappa shape index (κ1) is 19.1. The Morgan fingerprint density at radius 3 is 2.46 bits per heavy atom. The van der Waals surface area contributed by atoms with Gasteiger partial charge in [-0.15, -0.1) is 0 Å². The number of para-hydroxylation sites is 1. The summed E-state index contributed by atoms with van der Waals surface area (Å²) in [5, 5.41) is 11.9. The van der Waals surface area contributed by atoms with Crippen LogP contribution in [0.15, 0.2) is 30.3 Å². The zero-order chi connectivity index (χ0) is 19.4. The summed E-state index contributed by atoms with van der Waals surface area (Å²) < 4.78 is 49.4. The zero-order valence-corrected chi connectivity index (χ0v) is 13.7. The molecule has 0 saturated heterocycles. The fraction of sp³-hybridized carbons (Fsp3) is 0.176. The number of halogens is 3. The van der Waals surface area contributed by atoms with Crippen molar-refractivity contribution in [3.8, 4) is 11.5 Å². The number of carbonyl (C=O) groups is 2. The first-order chi connectivity index (χ1) is 12.3. The van der Waals surface area contributed by atoms with Crippen molar-refractivity contribution in [3.05, 3.63) is 53.3 Å². The number of hydrogen-bond acceptors (Lipinski definition) is 5. The number of phenols is 1. The molecule has 2 N–H and O–H groups in total. The summed E-state index contributed by atoms with van der Waals surface area (Å²) in [5.74, 6) is -7.19. The average Bonchev–Trinajstić information content (AvgIpc) is 2.62. The highest BCUT2D eigenvalue weighted by Gasteiger charge is 2.24. The van der Waals surface area contributed by atoms with Gasteiger partial charge in [0.15, 0.2) is 35.1 Å². The molecule has 0 aliphatic heterocycles. The maximum Gasteiger partial charge on any atom is 0.342 e. The fourth-order valence-electron chi connectivity index (χ4n) is 1.99. The summed E-state index contributed by atoms with van der Waals surface area (Å²) in [6.07, 6.45) is -1.42. The standard InChI is InChI=1S/C17H14F3NO5/c1-8(16(23)21-11-7-6-10(18)13(19)14(11)20)26-17(24)9-4-3-5-12(25-2)15(9)22/h3-8,22H,1-2H3,(H,21,23). The lowest BCUT2D eigenvalue weighted by Crippen LogP contribution is -2.30. The Bertz CT molecular complexity index is 857. The van der Waals surface area contributed by atoms with Crippen LogP contribution in [0.2, 0.25) is 0 Å². The van der Waals surface area contributed by atoms with Crippen LogP contribution in [-0.2, 0) is 9.53 Å². The summed E-state index contributed by atoms with van der Waals surface area (Å²) in [6.45, 7) is 1.18. The SMILES string of the molecule is COc1cccc(C(=O)OC(C)C(=O)Nc2ccc(F)c(F)c2F)c1O. The molecule has 0 fully saturated rings. The molecule has 0 bridgehead atoms. The normalized spacial score (nSPS) is 11.6. The van der Waals surface area contributed by atoms with Crippen LogP contribution in [0, 0.1) is 17.5 Å². The number of phenolic OH excluding ortho intramolecular Hbond substituents is 1.